The lowest BCUT2D eigenvalue weighted by Crippen LogP contribution is -2.49. The fourth-order valence-electron chi connectivity index (χ4n) is 4.62. The van der Waals surface area contributed by atoms with E-state index in [1.165, 1.54) is 33.5 Å². The molecule has 2 aliphatic rings. The van der Waals surface area contributed by atoms with Crippen molar-refractivity contribution in [3.05, 3.63) is 16.3 Å². The summed E-state index contributed by atoms with van der Waals surface area (Å²) in [5.74, 6) is 3.54. The van der Waals surface area contributed by atoms with E-state index in [0.29, 0.717) is 18.2 Å². The zero-order valence-corrected chi connectivity index (χ0v) is 19.9. The highest BCUT2D eigenvalue weighted by molar-refractivity contribution is 7.19. The van der Waals surface area contributed by atoms with Gasteiger partial charge in [-0.2, -0.15) is 0 Å². The first-order chi connectivity index (χ1) is 14.5. The summed E-state index contributed by atoms with van der Waals surface area (Å²) in [4.78, 5) is 29.8. The number of carbonyl (C=O) groups excluding carboxylic acids is 1. The second-order valence-electron chi connectivity index (χ2n) is 9.22. The molecule has 2 aromatic heterocycles. The summed E-state index contributed by atoms with van der Waals surface area (Å²) in [6, 6.07) is 0. The van der Waals surface area contributed by atoms with Crippen LogP contribution in [0.5, 0.6) is 0 Å². The molecule has 6 heteroatoms. The van der Waals surface area contributed by atoms with Crippen LogP contribution in [0, 0.1) is 5.92 Å². The monoisotopic (exact) mass is 428 g/mol. The molecule has 1 saturated heterocycles. The predicted molar refractivity (Wildman–Crippen MR) is 126 cm³/mol. The summed E-state index contributed by atoms with van der Waals surface area (Å²) in [7, 11) is 0. The normalized spacial score (nSPS) is 20.5. The Morgan fingerprint density at radius 1 is 1.20 bits per heavy atom. The lowest BCUT2D eigenvalue weighted by Gasteiger charge is -2.36. The van der Waals surface area contributed by atoms with E-state index in [0.717, 1.165) is 69.4 Å². The van der Waals surface area contributed by atoms with E-state index in [2.05, 4.69) is 32.6 Å². The minimum atomic E-state index is 0.312. The number of aromatic nitrogens is 2. The van der Waals surface area contributed by atoms with Gasteiger partial charge < -0.3 is 9.80 Å². The van der Waals surface area contributed by atoms with Crippen molar-refractivity contribution in [2.75, 3.05) is 31.1 Å². The van der Waals surface area contributed by atoms with E-state index in [9.17, 15) is 4.79 Å². The van der Waals surface area contributed by atoms with Crippen LogP contribution in [0.4, 0.5) is 5.82 Å². The molecule has 30 heavy (non-hydrogen) atoms. The molecule has 2 atom stereocenters. The van der Waals surface area contributed by atoms with Crippen molar-refractivity contribution < 1.29 is 4.79 Å². The van der Waals surface area contributed by atoms with E-state index >= 15 is 0 Å². The molecule has 1 aliphatic carbocycles. The molecule has 2 aromatic rings. The number of nitrogens with zero attached hydrogens (tertiary/aromatic N) is 4. The minimum absolute atomic E-state index is 0.312. The third-order valence-electron chi connectivity index (χ3n) is 6.88. The largest absolute Gasteiger partial charge is 0.352 e. The molecular weight excluding hydrogens is 392 g/mol. The Morgan fingerprint density at radius 2 is 1.97 bits per heavy atom. The van der Waals surface area contributed by atoms with Gasteiger partial charge in [0.2, 0.25) is 5.91 Å². The molecule has 0 radical (unpaired) electrons. The van der Waals surface area contributed by atoms with Gasteiger partial charge in [-0.1, -0.05) is 34.1 Å². The first-order valence-corrected chi connectivity index (χ1v) is 12.7. The van der Waals surface area contributed by atoms with Gasteiger partial charge in [-0.15, -0.1) is 11.3 Å². The topological polar surface area (TPSA) is 49.3 Å². The number of carbonyl (C=O) groups is 1. The Bertz CT molecular complexity index is 900. The second kappa shape index (κ2) is 9.21. The highest BCUT2D eigenvalue weighted by atomic mass is 32.1. The van der Waals surface area contributed by atoms with Crippen LogP contribution in [-0.2, 0) is 17.6 Å². The van der Waals surface area contributed by atoms with Crippen LogP contribution >= 0.6 is 11.3 Å². The number of aryl methyl sites for hydroxylation is 1. The number of hydrogen-bond acceptors (Lipinski definition) is 5. The Kier molecular flexibility index (Phi) is 6.61. The number of piperazine rings is 1. The fourth-order valence-corrected chi connectivity index (χ4v) is 6.01. The van der Waals surface area contributed by atoms with Crippen molar-refractivity contribution in [2.24, 2.45) is 5.92 Å². The maximum Gasteiger partial charge on any atom is 0.222 e. The molecular formula is C24H36N4OS. The Balaban J connectivity index is 1.65. The molecule has 5 nitrogen and oxygen atoms in total. The molecule has 1 fully saturated rings. The first-order valence-electron chi connectivity index (χ1n) is 11.9. The summed E-state index contributed by atoms with van der Waals surface area (Å²) >= 11 is 1.90. The number of thiophene rings is 1. The van der Waals surface area contributed by atoms with Gasteiger partial charge in [-0.05, 0) is 43.6 Å². The highest BCUT2D eigenvalue weighted by Crippen LogP contribution is 2.41. The van der Waals surface area contributed by atoms with E-state index in [4.69, 9.17) is 9.97 Å². The third kappa shape index (κ3) is 4.20. The van der Waals surface area contributed by atoms with Gasteiger partial charge in [0.25, 0.3) is 0 Å². The number of hydrogen-bond donors (Lipinski definition) is 0. The van der Waals surface area contributed by atoms with Crippen molar-refractivity contribution in [3.63, 3.8) is 0 Å². The van der Waals surface area contributed by atoms with Crippen LogP contribution in [0.3, 0.4) is 0 Å². The number of rotatable bonds is 6. The van der Waals surface area contributed by atoms with Crippen LogP contribution in [-0.4, -0.2) is 47.0 Å². The molecule has 0 bridgehead atoms. The first kappa shape index (κ1) is 21.5. The van der Waals surface area contributed by atoms with Crippen LogP contribution in [0.25, 0.3) is 10.2 Å². The zero-order valence-electron chi connectivity index (χ0n) is 19.0. The minimum Gasteiger partial charge on any atom is -0.352 e. The van der Waals surface area contributed by atoms with Crippen molar-refractivity contribution in [1.29, 1.82) is 0 Å². The number of amides is 1. The molecule has 164 valence electrons. The number of anilines is 1. The van der Waals surface area contributed by atoms with E-state index in [1.807, 2.05) is 16.2 Å². The quantitative estimate of drug-likeness (QED) is 0.637. The van der Waals surface area contributed by atoms with Crippen molar-refractivity contribution in [3.8, 4) is 0 Å². The standard InChI is InChI=1S/C24H36N4OS/c1-5-7-8-20(29)27-11-13-28(14-12-27)23-21-18-10-9-16(3)15-19(18)30-24(21)26-22(25-23)17(4)6-2/h16-17H,5-15H2,1-4H3. The van der Waals surface area contributed by atoms with Gasteiger partial charge in [0.05, 0.1) is 5.39 Å². The molecule has 1 amide bonds. The summed E-state index contributed by atoms with van der Waals surface area (Å²) in [6.45, 7) is 12.3. The summed E-state index contributed by atoms with van der Waals surface area (Å²) in [6.07, 6.45) is 7.37. The molecule has 0 N–H and O–H groups in total. The molecule has 1 aliphatic heterocycles. The molecule has 0 spiro atoms. The Morgan fingerprint density at radius 3 is 2.67 bits per heavy atom. The van der Waals surface area contributed by atoms with Crippen molar-refractivity contribution in [2.45, 2.75) is 78.6 Å². The molecule has 3 heterocycles. The van der Waals surface area contributed by atoms with Crippen LogP contribution < -0.4 is 4.90 Å². The molecule has 4 rings (SSSR count). The van der Waals surface area contributed by atoms with Crippen molar-refractivity contribution in [1.82, 2.24) is 14.9 Å². The SMILES string of the molecule is CCCCC(=O)N1CCN(c2nc(C(C)CC)nc3sc4c(c23)CCC(C)C4)CC1. The van der Waals surface area contributed by atoms with Crippen LogP contribution in [0.2, 0.25) is 0 Å². The maximum atomic E-state index is 12.5. The van der Waals surface area contributed by atoms with Gasteiger partial charge in [0.1, 0.15) is 16.5 Å². The number of unbranched alkanes of at least 4 members (excludes halogenated alkanes) is 1. The molecule has 2 unspecified atom stereocenters. The average Bonchev–Trinajstić information content (AvgIpc) is 3.13. The van der Waals surface area contributed by atoms with Crippen LogP contribution in [0.1, 0.15) is 82.0 Å². The Labute approximate surface area is 184 Å². The van der Waals surface area contributed by atoms with Gasteiger partial charge >= 0.3 is 0 Å². The van der Waals surface area contributed by atoms with Gasteiger partial charge in [-0.25, -0.2) is 9.97 Å². The van der Waals surface area contributed by atoms with Crippen LogP contribution in [0.15, 0.2) is 0 Å². The summed E-state index contributed by atoms with van der Waals surface area (Å²) < 4.78 is 0. The average molecular weight is 429 g/mol. The fraction of sp³-hybridized carbons (Fsp3) is 0.708. The second-order valence-corrected chi connectivity index (χ2v) is 10.3. The summed E-state index contributed by atoms with van der Waals surface area (Å²) in [5, 5.41) is 1.31. The van der Waals surface area contributed by atoms with Gasteiger partial charge in [-0.3, -0.25) is 4.79 Å². The van der Waals surface area contributed by atoms with Gasteiger partial charge in [0.15, 0.2) is 0 Å². The van der Waals surface area contributed by atoms with Crippen molar-refractivity contribution >= 4 is 33.3 Å². The van der Waals surface area contributed by atoms with Gasteiger partial charge in [0, 0.05) is 43.4 Å². The third-order valence-corrected chi connectivity index (χ3v) is 8.03. The highest BCUT2D eigenvalue weighted by Gasteiger charge is 2.29. The lowest BCUT2D eigenvalue weighted by atomic mass is 9.89. The summed E-state index contributed by atoms with van der Waals surface area (Å²) in [5.41, 5.74) is 1.50. The molecule has 0 aromatic carbocycles. The zero-order chi connectivity index (χ0) is 21.3. The van der Waals surface area contributed by atoms with E-state index in [1.54, 1.807) is 0 Å². The van der Waals surface area contributed by atoms with E-state index < -0.39 is 0 Å². The smallest absolute Gasteiger partial charge is 0.222 e. The predicted octanol–water partition coefficient (Wildman–Crippen LogP) is 5.17. The van der Waals surface area contributed by atoms with E-state index in [-0.39, 0.29) is 0 Å². The molecule has 0 saturated carbocycles. The Hall–Kier alpha value is -1.69. The number of fused-ring (bicyclic) bond motifs is 3. The maximum absolute atomic E-state index is 12.5. The lowest BCUT2D eigenvalue weighted by molar-refractivity contribution is -0.131.